The second-order valence-corrected chi connectivity index (χ2v) is 4.83. The zero-order chi connectivity index (χ0) is 11.4. The van der Waals surface area contributed by atoms with Gasteiger partial charge in [0.15, 0.2) is 0 Å². The molecule has 2 aliphatic rings. The van der Waals surface area contributed by atoms with Crippen molar-refractivity contribution in [2.24, 2.45) is 11.8 Å². The molecule has 2 heteroatoms. The van der Waals surface area contributed by atoms with Crippen LogP contribution < -0.4 is 0 Å². The Kier molecular flexibility index (Phi) is 3.81. The van der Waals surface area contributed by atoms with Gasteiger partial charge < -0.3 is 4.74 Å². The molecule has 1 atom stereocenters. The highest BCUT2D eigenvalue weighted by molar-refractivity contribution is 5.91. The molecule has 1 saturated carbocycles. The van der Waals surface area contributed by atoms with Gasteiger partial charge in [-0.3, -0.25) is 0 Å². The molecule has 2 rings (SSSR count). The van der Waals surface area contributed by atoms with Crippen molar-refractivity contribution in [2.75, 3.05) is 6.61 Å². The van der Waals surface area contributed by atoms with Crippen molar-refractivity contribution in [2.45, 2.75) is 39.0 Å². The van der Waals surface area contributed by atoms with E-state index in [-0.39, 0.29) is 11.9 Å². The summed E-state index contributed by atoms with van der Waals surface area (Å²) in [5.74, 6) is 0.798. The Labute approximate surface area is 97.4 Å². The normalized spacial score (nSPS) is 24.6. The third-order valence-corrected chi connectivity index (χ3v) is 3.57. The summed E-state index contributed by atoms with van der Waals surface area (Å²) in [6.45, 7) is 2.52. The smallest absolute Gasteiger partial charge is 0.334 e. The van der Waals surface area contributed by atoms with Gasteiger partial charge in [0, 0.05) is 11.5 Å². The molecule has 1 fully saturated rings. The monoisotopic (exact) mass is 220 g/mol. The Hall–Kier alpha value is -1.05. The van der Waals surface area contributed by atoms with Crippen molar-refractivity contribution >= 4 is 5.97 Å². The largest absolute Gasteiger partial charge is 0.458 e. The van der Waals surface area contributed by atoms with Crippen molar-refractivity contribution in [3.05, 3.63) is 23.8 Å². The summed E-state index contributed by atoms with van der Waals surface area (Å²) in [7, 11) is 0. The molecule has 0 aromatic rings. The Bertz CT molecular complexity index is 309. The predicted octanol–water partition coefficient (Wildman–Crippen LogP) is 3.24. The lowest BCUT2D eigenvalue weighted by Gasteiger charge is -2.18. The summed E-state index contributed by atoms with van der Waals surface area (Å²) < 4.78 is 4.91. The highest BCUT2D eigenvalue weighted by Gasteiger charge is 2.21. The van der Waals surface area contributed by atoms with Gasteiger partial charge in [0.05, 0.1) is 0 Å². The molecule has 2 nitrogen and oxygen atoms in total. The predicted molar refractivity (Wildman–Crippen MR) is 63.9 cm³/mol. The summed E-state index contributed by atoms with van der Waals surface area (Å²) in [5.41, 5.74) is 0.826. The van der Waals surface area contributed by atoms with Crippen LogP contribution >= 0.6 is 0 Å². The minimum atomic E-state index is -0.138. The molecule has 0 aromatic heterocycles. The lowest BCUT2D eigenvalue weighted by molar-refractivity contribution is -0.136. The number of carbonyl (C=O) groups is 1. The van der Waals surface area contributed by atoms with E-state index in [0.717, 1.165) is 11.5 Å². The van der Waals surface area contributed by atoms with E-state index in [0.29, 0.717) is 6.61 Å². The van der Waals surface area contributed by atoms with Crippen LogP contribution in [0.3, 0.4) is 0 Å². The van der Waals surface area contributed by atoms with Crippen LogP contribution in [0, 0.1) is 11.8 Å². The molecule has 0 bridgehead atoms. The van der Waals surface area contributed by atoms with Crippen LogP contribution in [0.1, 0.15) is 39.0 Å². The van der Waals surface area contributed by atoms with Gasteiger partial charge >= 0.3 is 5.97 Å². The first-order valence-electron chi connectivity index (χ1n) is 6.33. The maximum absolute atomic E-state index is 11.3. The average Bonchev–Trinajstić information content (AvgIpc) is 2.74. The molecular weight excluding hydrogens is 200 g/mol. The molecule has 0 radical (unpaired) electrons. The van der Waals surface area contributed by atoms with Crippen LogP contribution in [0.5, 0.6) is 0 Å². The second-order valence-electron chi connectivity index (χ2n) is 4.83. The average molecular weight is 220 g/mol. The minimum Gasteiger partial charge on any atom is -0.458 e. The Balaban J connectivity index is 1.88. The standard InChI is InChI=1S/C14H20O2/c1-11(13-9-10-16-14(13)15)7-8-12-5-3-2-4-6-12/h7-9,11-12H,2-6,10H2,1H3/b8-7+. The van der Waals surface area contributed by atoms with Crippen LogP contribution in [0.15, 0.2) is 23.8 Å². The maximum Gasteiger partial charge on any atom is 0.334 e. The highest BCUT2D eigenvalue weighted by Crippen LogP contribution is 2.26. The topological polar surface area (TPSA) is 26.3 Å². The first-order chi connectivity index (χ1) is 7.77. The van der Waals surface area contributed by atoms with Crippen LogP contribution in [0.4, 0.5) is 0 Å². The summed E-state index contributed by atoms with van der Waals surface area (Å²) in [5, 5.41) is 0. The minimum absolute atomic E-state index is 0.138. The van der Waals surface area contributed by atoms with Gasteiger partial charge in [-0.05, 0) is 24.8 Å². The number of rotatable bonds is 3. The summed E-state index contributed by atoms with van der Waals surface area (Å²) in [4.78, 5) is 11.3. The fourth-order valence-corrected chi connectivity index (χ4v) is 2.50. The zero-order valence-electron chi connectivity index (χ0n) is 9.95. The summed E-state index contributed by atoms with van der Waals surface area (Å²) in [6, 6.07) is 0. The Morgan fingerprint density at radius 2 is 2.12 bits per heavy atom. The molecule has 1 heterocycles. The van der Waals surface area contributed by atoms with E-state index in [9.17, 15) is 4.79 Å². The van der Waals surface area contributed by atoms with Crippen molar-refractivity contribution in [3.63, 3.8) is 0 Å². The quantitative estimate of drug-likeness (QED) is 0.539. The van der Waals surface area contributed by atoms with E-state index < -0.39 is 0 Å². The SMILES string of the molecule is CC(/C=C/C1CCCCC1)C1=CCOC1=O. The summed E-state index contributed by atoms with van der Waals surface area (Å²) >= 11 is 0. The lowest BCUT2D eigenvalue weighted by Crippen LogP contribution is -2.07. The van der Waals surface area contributed by atoms with E-state index in [4.69, 9.17) is 4.74 Å². The second kappa shape index (κ2) is 5.33. The molecule has 1 aliphatic heterocycles. The Morgan fingerprint density at radius 3 is 2.75 bits per heavy atom. The fraction of sp³-hybridized carbons (Fsp3) is 0.643. The van der Waals surface area contributed by atoms with Gasteiger partial charge in [0.1, 0.15) is 6.61 Å². The molecule has 88 valence electrons. The number of hydrogen-bond donors (Lipinski definition) is 0. The van der Waals surface area contributed by atoms with Crippen molar-refractivity contribution in [1.29, 1.82) is 0 Å². The number of hydrogen-bond acceptors (Lipinski definition) is 2. The zero-order valence-corrected chi connectivity index (χ0v) is 9.95. The lowest BCUT2D eigenvalue weighted by atomic mass is 9.88. The fourth-order valence-electron chi connectivity index (χ4n) is 2.50. The van der Waals surface area contributed by atoms with Gasteiger partial charge in [0.2, 0.25) is 0 Å². The van der Waals surface area contributed by atoms with Gasteiger partial charge in [-0.25, -0.2) is 4.79 Å². The number of allylic oxidation sites excluding steroid dienone is 2. The van der Waals surface area contributed by atoms with E-state index >= 15 is 0 Å². The third kappa shape index (κ3) is 2.75. The van der Waals surface area contributed by atoms with Gasteiger partial charge in [-0.15, -0.1) is 0 Å². The van der Waals surface area contributed by atoms with Gasteiger partial charge in [-0.2, -0.15) is 0 Å². The first kappa shape index (κ1) is 11.4. The van der Waals surface area contributed by atoms with E-state index in [1.807, 2.05) is 6.08 Å². The first-order valence-corrected chi connectivity index (χ1v) is 6.33. The molecule has 0 aromatic carbocycles. The molecule has 1 unspecified atom stereocenters. The molecular formula is C14H20O2. The number of carbonyl (C=O) groups excluding carboxylic acids is 1. The molecule has 0 spiro atoms. The van der Waals surface area contributed by atoms with E-state index in [1.165, 1.54) is 32.1 Å². The molecule has 1 aliphatic carbocycles. The van der Waals surface area contributed by atoms with Gasteiger partial charge in [-0.1, -0.05) is 38.3 Å². The molecule has 0 saturated heterocycles. The molecule has 16 heavy (non-hydrogen) atoms. The molecule has 0 amide bonds. The maximum atomic E-state index is 11.3. The van der Waals surface area contributed by atoms with Crippen LogP contribution in [-0.4, -0.2) is 12.6 Å². The van der Waals surface area contributed by atoms with Crippen molar-refractivity contribution < 1.29 is 9.53 Å². The third-order valence-electron chi connectivity index (χ3n) is 3.57. The van der Waals surface area contributed by atoms with Gasteiger partial charge in [0.25, 0.3) is 0 Å². The summed E-state index contributed by atoms with van der Waals surface area (Å²) in [6.07, 6.45) is 13.1. The van der Waals surface area contributed by atoms with Crippen LogP contribution in [-0.2, 0) is 9.53 Å². The highest BCUT2D eigenvalue weighted by atomic mass is 16.5. The van der Waals surface area contributed by atoms with E-state index in [1.54, 1.807) is 0 Å². The Morgan fingerprint density at radius 1 is 1.38 bits per heavy atom. The van der Waals surface area contributed by atoms with Crippen molar-refractivity contribution in [1.82, 2.24) is 0 Å². The van der Waals surface area contributed by atoms with E-state index in [2.05, 4.69) is 19.1 Å². The van der Waals surface area contributed by atoms with Crippen LogP contribution in [0.25, 0.3) is 0 Å². The van der Waals surface area contributed by atoms with Crippen LogP contribution in [0.2, 0.25) is 0 Å². The number of ether oxygens (including phenoxy) is 1. The van der Waals surface area contributed by atoms with Crippen molar-refractivity contribution in [3.8, 4) is 0 Å². The molecule has 0 N–H and O–H groups in total. The number of cyclic esters (lactones) is 1. The number of esters is 1.